The van der Waals surface area contributed by atoms with Gasteiger partial charge in [-0.25, -0.2) is 0 Å². The Morgan fingerprint density at radius 3 is 1.64 bits per heavy atom. The van der Waals surface area contributed by atoms with E-state index in [0.29, 0.717) is 0 Å². The summed E-state index contributed by atoms with van der Waals surface area (Å²) in [6.45, 7) is 34.0. The molecular weight excluding hydrogens is 944 g/mol. The van der Waals surface area contributed by atoms with E-state index in [-0.39, 0.29) is 39.3 Å². The van der Waals surface area contributed by atoms with Gasteiger partial charge in [0.2, 0.25) is 0 Å². The van der Waals surface area contributed by atoms with Gasteiger partial charge in [-0.2, -0.15) is 0 Å². The molecule has 0 fully saturated rings. The predicted octanol–water partition coefficient (Wildman–Crippen LogP) is 19.2. The lowest BCUT2D eigenvalue weighted by molar-refractivity contribution is 0.332. The molecule has 0 N–H and O–H groups in total. The number of nitrogens with zero attached hydrogens (tertiary/aromatic N) is 2. The first-order valence-electron chi connectivity index (χ1n) is 27.9. The number of hydrogen-bond acceptors (Lipinski definition) is 3. The van der Waals surface area contributed by atoms with Gasteiger partial charge < -0.3 is 9.38 Å². The van der Waals surface area contributed by atoms with Crippen molar-refractivity contribution in [2.45, 2.75) is 155 Å². The summed E-state index contributed by atoms with van der Waals surface area (Å²) in [5, 5.41) is 10.9. The predicted molar refractivity (Wildman–Crippen MR) is 331 cm³/mol. The molecule has 0 bridgehead atoms. The molecule has 2 aliphatic carbocycles. The molecule has 5 heteroatoms. The van der Waals surface area contributed by atoms with E-state index in [9.17, 15) is 0 Å². The van der Waals surface area contributed by atoms with Crippen LogP contribution in [0.3, 0.4) is 0 Å². The fourth-order valence-corrected chi connectivity index (χ4v) is 17.2. The summed E-state index contributed by atoms with van der Waals surface area (Å²) in [6, 6.07) is 47.3. The lowest BCUT2D eigenvalue weighted by Crippen LogP contribution is -2.61. The number of benzene rings is 8. The molecule has 374 valence electrons. The first-order chi connectivity index (χ1) is 35.4. The third-order valence-corrected chi connectivity index (χ3v) is 21.8. The first kappa shape index (κ1) is 46.4. The Morgan fingerprint density at radius 1 is 0.440 bits per heavy atom. The fraction of sp³-hybridized carbons (Fsp3) is 0.343. The van der Waals surface area contributed by atoms with Crippen molar-refractivity contribution < 1.29 is 0 Å². The van der Waals surface area contributed by atoms with Crippen LogP contribution in [0, 0.1) is 0 Å². The summed E-state index contributed by atoms with van der Waals surface area (Å²) in [4.78, 5) is 2.87. The van der Waals surface area contributed by atoms with Crippen LogP contribution in [-0.4, -0.2) is 11.4 Å². The standard InChI is InChI=1S/C70H69BN2S2/c1-65(2,3)39-22-23-51-42(31-39)43-32-40(66(4,5)6)33-50-64(43)72(51)54-30-38-18-15-16-19-41(38)61-62-53(24-25-56-60(62)45-35-47-49(37-58(45)75-56)70(13,14)29-27-68(47,9)10)73(71(50)63(54)61)52-20-17-21-55-59(52)44-34-46-48(36-57(44)74-55)69(11,12)28-26-67(46,7)8/h15-25,30-37H,26-29H2,1-14H3. The highest BCUT2D eigenvalue weighted by molar-refractivity contribution is 7.26. The van der Waals surface area contributed by atoms with Crippen molar-refractivity contribution in [1.29, 1.82) is 0 Å². The monoisotopic (exact) mass is 1010 g/mol. The highest BCUT2D eigenvalue weighted by Crippen LogP contribution is 2.57. The zero-order valence-corrected chi connectivity index (χ0v) is 48.2. The van der Waals surface area contributed by atoms with E-state index < -0.39 is 0 Å². The van der Waals surface area contributed by atoms with E-state index in [1.165, 1.54) is 171 Å². The van der Waals surface area contributed by atoms with Gasteiger partial charge >= 0.3 is 6.85 Å². The molecule has 5 heterocycles. The van der Waals surface area contributed by atoms with Crippen LogP contribution in [0.2, 0.25) is 0 Å². The fourth-order valence-electron chi connectivity index (χ4n) is 14.9. The van der Waals surface area contributed by atoms with Gasteiger partial charge in [0, 0.05) is 73.7 Å². The molecule has 11 aromatic rings. The quantitative estimate of drug-likeness (QED) is 0.149. The van der Waals surface area contributed by atoms with E-state index in [2.05, 4.69) is 222 Å². The molecule has 0 spiro atoms. The Bertz CT molecular complexity index is 4400. The van der Waals surface area contributed by atoms with E-state index >= 15 is 0 Å². The lowest BCUT2D eigenvalue weighted by atomic mass is 9.43. The normalized spacial score (nSPS) is 18.2. The SMILES string of the molecule is CC(C)(C)c1ccc2c(c1)c1cc(C(C)(C)C)cc3c1n2-c1cc2ccccc2c2c1B3N(c1cccc3sc4cc5c(cc4c13)C(C)(C)CCC5(C)C)c1ccc3sc4cc5c(cc4c3c1-2)C(C)(C)CCC5(C)C. The van der Waals surface area contributed by atoms with Gasteiger partial charge in [0.15, 0.2) is 0 Å². The number of anilines is 2. The summed E-state index contributed by atoms with van der Waals surface area (Å²) >= 11 is 3.99. The number of hydrogen-bond donors (Lipinski definition) is 0. The highest BCUT2D eigenvalue weighted by Gasteiger charge is 2.47. The molecule has 15 rings (SSSR count). The maximum Gasteiger partial charge on any atom is 0.333 e. The molecule has 0 atom stereocenters. The second-order valence-corrected chi connectivity index (χ2v) is 30.4. The maximum absolute atomic E-state index is 2.87. The molecule has 0 unspecified atom stereocenters. The van der Waals surface area contributed by atoms with Crippen LogP contribution in [0.4, 0.5) is 11.4 Å². The molecule has 2 aliphatic heterocycles. The molecule has 2 nitrogen and oxygen atoms in total. The maximum atomic E-state index is 2.87. The summed E-state index contributed by atoms with van der Waals surface area (Å²) in [5.74, 6) is 0. The van der Waals surface area contributed by atoms with Gasteiger partial charge in [0.25, 0.3) is 0 Å². The minimum Gasteiger partial charge on any atom is -0.376 e. The third-order valence-electron chi connectivity index (χ3n) is 19.6. The van der Waals surface area contributed by atoms with Gasteiger partial charge in [-0.3, -0.25) is 0 Å². The summed E-state index contributed by atoms with van der Waals surface area (Å²) in [7, 11) is 0. The number of fused-ring (bicyclic) bond motifs is 18. The van der Waals surface area contributed by atoms with Gasteiger partial charge in [0.1, 0.15) is 0 Å². The van der Waals surface area contributed by atoms with Gasteiger partial charge in [0.05, 0.1) is 11.0 Å². The Balaban J connectivity index is 1.15. The van der Waals surface area contributed by atoms with Crippen LogP contribution in [0.5, 0.6) is 0 Å². The minimum atomic E-state index is -0.112. The van der Waals surface area contributed by atoms with Crippen LogP contribution in [0.15, 0.2) is 115 Å². The zero-order valence-electron chi connectivity index (χ0n) is 46.6. The van der Waals surface area contributed by atoms with E-state index in [1.807, 2.05) is 22.7 Å². The van der Waals surface area contributed by atoms with Gasteiger partial charge in [-0.15, -0.1) is 22.7 Å². The Hall–Kier alpha value is -5.88. The topological polar surface area (TPSA) is 8.17 Å². The van der Waals surface area contributed by atoms with Crippen LogP contribution >= 0.6 is 22.7 Å². The van der Waals surface area contributed by atoms with Crippen molar-refractivity contribution in [3.63, 3.8) is 0 Å². The van der Waals surface area contributed by atoms with Gasteiger partial charge in [-0.1, -0.05) is 139 Å². The number of aromatic nitrogens is 1. The van der Waals surface area contributed by atoms with Gasteiger partial charge in [-0.05, 0) is 192 Å². The second-order valence-electron chi connectivity index (χ2n) is 28.2. The summed E-state index contributed by atoms with van der Waals surface area (Å²) in [6.07, 6.45) is 4.79. The molecule has 3 aromatic heterocycles. The van der Waals surface area contributed by atoms with E-state index in [0.717, 1.165) is 0 Å². The van der Waals surface area contributed by atoms with Crippen molar-refractivity contribution in [1.82, 2.24) is 4.57 Å². The average molecular weight is 1010 g/mol. The second kappa shape index (κ2) is 14.6. The molecular formula is C70H69BN2S2. The van der Waals surface area contributed by atoms with E-state index in [1.54, 1.807) is 0 Å². The van der Waals surface area contributed by atoms with Crippen LogP contribution in [0.1, 0.15) is 156 Å². The molecule has 0 saturated carbocycles. The molecule has 0 radical (unpaired) electrons. The smallest absolute Gasteiger partial charge is 0.333 e. The summed E-state index contributed by atoms with van der Waals surface area (Å²) < 4.78 is 8.23. The van der Waals surface area contributed by atoms with Crippen molar-refractivity contribution in [2.24, 2.45) is 0 Å². The Morgan fingerprint density at radius 2 is 1.01 bits per heavy atom. The van der Waals surface area contributed by atoms with Crippen LogP contribution in [0.25, 0.3) is 89.7 Å². The molecule has 8 aromatic carbocycles. The Labute approximate surface area is 451 Å². The molecule has 0 saturated heterocycles. The number of thiophene rings is 2. The van der Waals surface area contributed by atoms with Crippen molar-refractivity contribution in [2.75, 3.05) is 4.81 Å². The van der Waals surface area contributed by atoms with Crippen molar-refractivity contribution in [3.05, 3.63) is 149 Å². The summed E-state index contributed by atoms with van der Waals surface area (Å²) in [5.41, 5.74) is 21.3. The van der Waals surface area contributed by atoms with E-state index in [4.69, 9.17) is 0 Å². The largest absolute Gasteiger partial charge is 0.376 e. The average Bonchev–Trinajstić information content (AvgIpc) is 4.28. The van der Waals surface area contributed by atoms with Crippen molar-refractivity contribution >= 4 is 125 Å². The van der Waals surface area contributed by atoms with Crippen LogP contribution < -0.4 is 15.7 Å². The molecule has 0 amide bonds. The first-order valence-corrected chi connectivity index (χ1v) is 29.6. The lowest BCUT2D eigenvalue weighted by Gasteiger charge is -2.44. The molecule has 75 heavy (non-hydrogen) atoms. The Kier molecular flexibility index (Phi) is 9.02. The minimum absolute atomic E-state index is 0.00351. The third kappa shape index (κ3) is 6.20. The van der Waals surface area contributed by atoms with Crippen molar-refractivity contribution in [3.8, 4) is 16.8 Å². The van der Waals surface area contributed by atoms with Crippen LogP contribution in [-0.2, 0) is 32.5 Å². The highest BCUT2D eigenvalue weighted by atomic mass is 32.1. The number of rotatable bonds is 1. The zero-order chi connectivity index (χ0) is 52.0. The molecule has 4 aliphatic rings.